The topological polar surface area (TPSA) is 47.6 Å². The van der Waals surface area contributed by atoms with Gasteiger partial charge in [-0.1, -0.05) is 12.1 Å². The molecular weight excluding hydrogens is 322 g/mol. The molecule has 2 rings (SSSR count). The quantitative estimate of drug-likeness (QED) is 0.926. The Hall–Kier alpha value is -2.01. The van der Waals surface area contributed by atoms with E-state index in [1.165, 1.54) is 0 Å². The number of benzene rings is 2. The van der Waals surface area contributed by atoms with Crippen LogP contribution in [0, 0.1) is 0 Å². The van der Waals surface area contributed by atoms with Gasteiger partial charge in [0.1, 0.15) is 11.5 Å². The number of carbonyl (C=O) groups is 1. The molecule has 2 aromatic rings. The maximum absolute atomic E-state index is 12.2. The zero-order valence-corrected chi connectivity index (χ0v) is 12.7. The summed E-state index contributed by atoms with van der Waals surface area (Å²) in [6.07, 6.45) is 0. The van der Waals surface area contributed by atoms with Crippen LogP contribution in [0.1, 0.15) is 10.4 Å². The number of nitrogens with one attached hydrogen (secondary N) is 1. The van der Waals surface area contributed by atoms with Crippen LogP contribution < -0.4 is 14.8 Å². The molecule has 5 heteroatoms. The Bertz CT molecular complexity index is 628. The fourth-order valence-corrected chi connectivity index (χ4v) is 2.29. The number of ether oxygens (including phenoxy) is 2. The molecule has 0 spiro atoms. The molecule has 20 heavy (non-hydrogen) atoms. The average molecular weight is 336 g/mol. The molecule has 0 fully saturated rings. The number of para-hydroxylation sites is 2. The van der Waals surface area contributed by atoms with Crippen molar-refractivity contribution in [3.63, 3.8) is 0 Å². The lowest BCUT2D eigenvalue weighted by Crippen LogP contribution is -2.12. The Morgan fingerprint density at radius 1 is 1.05 bits per heavy atom. The summed E-state index contributed by atoms with van der Waals surface area (Å²) < 4.78 is 11.1. The molecule has 0 unspecified atom stereocenters. The van der Waals surface area contributed by atoms with Crippen molar-refractivity contribution >= 4 is 27.5 Å². The second-order valence-electron chi connectivity index (χ2n) is 4.00. The molecule has 0 aliphatic carbocycles. The molecule has 0 aromatic heterocycles. The minimum absolute atomic E-state index is 0.210. The summed E-state index contributed by atoms with van der Waals surface area (Å²) in [7, 11) is 3.14. The number of rotatable bonds is 4. The van der Waals surface area contributed by atoms with Gasteiger partial charge in [0, 0.05) is 5.56 Å². The number of halogens is 1. The van der Waals surface area contributed by atoms with Crippen LogP contribution in [-0.2, 0) is 0 Å². The summed E-state index contributed by atoms with van der Waals surface area (Å²) in [5.74, 6) is 1.09. The van der Waals surface area contributed by atoms with Gasteiger partial charge in [-0.25, -0.2) is 0 Å². The average Bonchev–Trinajstić information content (AvgIpc) is 2.47. The van der Waals surface area contributed by atoms with Crippen LogP contribution in [0.5, 0.6) is 11.5 Å². The van der Waals surface area contributed by atoms with E-state index in [0.717, 1.165) is 4.47 Å². The molecule has 0 bridgehead atoms. The summed E-state index contributed by atoms with van der Waals surface area (Å²) >= 11 is 3.36. The first-order valence-corrected chi connectivity index (χ1v) is 6.73. The van der Waals surface area contributed by atoms with Crippen LogP contribution in [0.25, 0.3) is 0 Å². The summed E-state index contributed by atoms with van der Waals surface area (Å²) in [5, 5.41) is 2.82. The van der Waals surface area contributed by atoms with Crippen molar-refractivity contribution in [3.8, 4) is 11.5 Å². The van der Waals surface area contributed by atoms with Crippen LogP contribution in [0.2, 0.25) is 0 Å². The van der Waals surface area contributed by atoms with Crippen LogP contribution in [0.3, 0.4) is 0 Å². The van der Waals surface area contributed by atoms with Crippen molar-refractivity contribution in [3.05, 3.63) is 52.5 Å². The van der Waals surface area contributed by atoms with Gasteiger partial charge in [0.05, 0.1) is 24.4 Å². The SMILES string of the molecule is COc1ccc(C(=O)Nc2ccccc2OC)cc1Br. The predicted molar refractivity (Wildman–Crippen MR) is 81.6 cm³/mol. The minimum atomic E-state index is -0.210. The van der Waals surface area contributed by atoms with Crippen molar-refractivity contribution < 1.29 is 14.3 Å². The maximum Gasteiger partial charge on any atom is 0.255 e. The number of hydrogen-bond donors (Lipinski definition) is 1. The van der Waals surface area contributed by atoms with Crippen molar-refractivity contribution in [2.24, 2.45) is 0 Å². The van der Waals surface area contributed by atoms with Gasteiger partial charge < -0.3 is 14.8 Å². The third-order valence-corrected chi connectivity index (χ3v) is 3.39. The molecule has 1 amide bonds. The standard InChI is InChI=1S/C15H14BrNO3/c1-19-13-8-7-10(9-11(13)16)15(18)17-12-5-3-4-6-14(12)20-2/h3-9H,1-2H3,(H,17,18). The molecule has 0 aliphatic rings. The van der Waals surface area contributed by atoms with Gasteiger partial charge in [-0.05, 0) is 46.3 Å². The van der Waals surface area contributed by atoms with E-state index >= 15 is 0 Å². The van der Waals surface area contributed by atoms with Crippen molar-refractivity contribution in [2.45, 2.75) is 0 Å². The van der Waals surface area contributed by atoms with E-state index in [0.29, 0.717) is 22.7 Å². The Balaban J connectivity index is 2.22. The number of methoxy groups -OCH3 is 2. The molecule has 104 valence electrons. The second kappa shape index (κ2) is 6.43. The number of amides is 1. The first kappa shape index (κ1) is 14.4. The van der Waals surface area contributed by atoms with Crippen LogP contribution in [-0.4, -0.2) is 20.1 Å². The minimum Gasteiger partial charge on any atom is -0.496 e. The van der Waals surface area contributed by atoms with Crippen molar-refractivity contribution in [1.82, 2.24) is 0 Å². The molecule has 0 saturated carbocycles. The van der Waals surface area contributed by atoms with Gasteiger partial charge in [0.2, 0.25) is 0 Å². The third-order valence-electron chi connectivity index (χ3n) is 2.77. The van der Waals surface area contributed by atoms with Gasteiger partial charge in [-0.15, -0.1) is 0 Å². The zero-order valence-electron chi connectivity index (χ0n) is 11.1. The molecule has 0 aliphatic heterocycles. The van der Waals surface area contributed by atoms with Crippen molar-refractivity contribution in [1.29, 1.82) is 0 Å². The first-order valence-electron chi connectivity index (χ1n) is 5.93. The lowest BCUT2D eigenvalue weighted by molar-refractivity contribution is 0.102. The van der Waals surface area contributed by atoms with Gasteiger partial charge >= 0.3 is 0 Å². The highest BCUT2D eigenvalue weighted by Crippen LogP contribution is 2.27. The predicted octanol–water partition coefficient (Wildman–Crippen LogP) is 3.72. The summed E-state index contributed by atoms with van der Waals surface area (Å²) in [4.78, 5) is 12.2. The van der Waals surface area contributed by atoms with Crippen molar-refractivity contribution in [2.75, 3.05) is 19.5 Å². The zero-order chi connectivity index (χ0) is 14.5. The van der Waals surface area contributed by atoms with E-state index in [4.69, 9.17) is 9.47 Å². The third kappa shape index (κ3) is 3.11. The lowest BCUT2D eigenvalue weighted by Gasteiger charge is -2.10. The van der Waals surface area contributed by atoms with E-state index < -0.39 is 0 Å². The number of hydrogen-bond acceptors (Lipinski definition) is 3. The summed E-state index contributed by atoms with van der Waals surface area (Å²) in [6.45, 7) is 0. The fraction of sp³-hybridized carbons (Fsp3) is 0.133. The highest BCUT2D eigenvalue weighted by Gasteiger charge is 2.11. The molecule has 2 aromatic carbocycles. The first-order chi connectivity index (χ1) is 9.65. The Kier molecular flexibility index (Phi) is 4.63. The van der Waals surface area contributed by atoms with Gasteiger partial charge in [-0.3, -0.25) is 4.79 Å². The van der Waals surface area contributed by atoms with E-state index in [-0.39, 0.29) is 5.91 Å². The van der Waals surface area contributed by atoms with E-state index in [1.54, 1.807) is 44.6 Å². The van der Waals surface area contributed by atoms with E-state index in [1.807, 2.05) is 12.1 Å². The highest BCUT2D eigenvalue weighted by molar-refractivity contribution is 9.10. The van der Waals surface area contributed by atoms with Gasteiger partial charge in [0.15, 0.2) is 0 Å². The molecule has 0 atom stereocenters. The van der Waals surface area contributed by atoms with E-state index in [9.17, 15) is 4.79 Å². The normalized spacial score (nSPS) is 9.95. The lowest BCUT2D eigenvalue weighted by atomic mass is 10.2. The number of anilines is 1. The fourth-order valence-electron chi connectivity index (χ4n) is 1.75. The molecule has 0 radical (unpaired) electrons. The summed E-state index contributed by atoms with van der Waals surface area (Å²) in [5.41, 5.74) is 1.16. The molecule has 1 N–H and O–H groups in total. The Labute approximate surface area is 125 Å². The molecule has 0 heterocycles. The van der Waals surface area contributed by atoms with Gasteiger partial charge in [-0.2, -0.15) is 0 Å². The van der Waals surface area contributed by atoms with Gasteiger partial charge in [0.25, 0.3) is 5.91 Å². The maximum atomic E-state index is 12.2. The van der Waals surface area contributed by atoms with Crippen LogP contribution in [0.4, 0.5) is 5.69 Å². The molecule has 4 nitrogen and oxygen atoms in total. The van der Waals surface area contributed by atoms with Crippen LogP contribution >= 0.6 is 15.9 Å². The highest BCUT2D eigenvalue weighted by atomic mass is 79.9. The van der Waals surface area contributed by atoms with E-state index in [2.05, 4.69) is 21.2 Å². The Morgan fingerprint density at radius 2 is 1.75 bits per heavy atom. The molecule has 0 saturated heterocycles. The largest absolute Gasteiger partial charge is 0.496 e. The second-order valence-corrected chi connectivity index (χ2v) is 4.86. The Morgan fingerprint density at radius 3 is 2.40 bits per heavy atom. The monoisotopic (exact) mass is 335 g/mol. The molecular formula is C15H14BrNO3. The smallest absolute Gasteiger partial charge is 0.255 e. The van der Waals surface area contributed by atoms with Crippen LogP contribution in [0.15, 0.2) is 46.9 Å². The summed E-state index contributed by atoms with van der Waals surface area (Å²) in [6, 6.07) is 12.4. The number of carbonyl (C=O) groups excluding carboxylic acids is 1.